The van der Waals surface area contributed by atoms with Gasteiger partial charge in [-0.25, -0.2) is 13.2 Å². The van der Waals surface area contributed by atoms with Crippen LogP contribution in [0.4, 0.5) is 11.4 Å². The lowest BCUT2D eigenvalue weighted by Crippen LogP contribution is -2.30. The van der Waals surface area contributed by atoms with E-state index in [-0.39, 0.29) is 28.6 Å². The van der Waals surface area contributed by atoms with Crippen LogP contribution in [0.15, 0.2) is 76.5 Å². The van der Waals surface area contributed by atoms with Crippen molar-refractivity contribution >= 4 is 56.6 Å². The Morgan fingerprint density at radius 1 is 1.00 bits per heavy atom. The first-order valence-electron chi connectivity index (χ1n) is 10.8. The highest BCUT2D eigenvalue weighted by atomic mass is 35.5. The van der Waals surface area contributed by atoms with Crippen LogP contribution in [0, 0.1) is 0 Å². The Morgan fingerprint density at radius 3 is 2.20 bits per heavy atom. The van der Waals surface area contributed by atoms with E-state index in [2.05, 4.69) is 5.32 Å². The zero-order valence-corrected chi connectivity index (χ0v) is 21.8. The number of halogens is 1. The molecule has 0 aromatic heterocycles. The molecule has 0 radical (unpaired) electrons. The number of sulfonamides is 1. The van der Waals surface area contributed by atoms with Crippen molar-refractivity contribution in [3.8, 4) is 0 Å². The molecule has 3 rings (SSSR count). The number of thioether (sulfide) groups is 1. The molecule has 7 nitrogen and oxygen atoms in total. The van der Waals surface area contributed by atoms with Crippen molar-refractivity contribution in [3.05, 3.63) is 82.9 Å². The number of hydrogen-bond donors (Lipinski definition) is 1. The highest BCUT2D eigenvalue weighted by molar-refractivity contribution is 7.98. The molecule has 0 bridgehead atoms. The number of esters is 1. The topological polar surface area (TPSA) is 92.8 Å². The van der Waals surface area contributed by atoms with Crippen LogP contribution in [-0.4, -0.2) is 39.7 Å². The molecule has 0 spiro atoms. The SMILES string of the molecule is CCOC(=O)c1ccc(NC(=O)c2ccc(N(CC)S(=O)(=O)c3ccc(SC)cc3)cc2)cc1Cl. The van der Waals surface area contributed by atoms with Gasteiger partial charge in [-0.3, -0.25) is 9.10 Å². The minimum Gasteiger partial charge on any atom is -0.462 e. The van der Waals surface area contributed by atoms with Crippen molar-refractivity contribution in [3.63, 3.8) is 0 Å². The van der Waals surface area contributed by atoms with Gasteiger partial charge < -0.3 is 10.1 Å². The van der Waals surface area contributed by atoms with Crippen molar-refractivity contribution in [2.75, 3.05) is 29.0 Å². The predicted octanol–water partition coefficient (Wildman–Crippen LogP) is 5.71. The van der Waals surface area contributed by atoms with Crippen LogP contribution in [0.1, 0.15) is 34.6 Å². The fraction of sp³-hybridized carbons (Fsp3) is 0.200. The van der Waals surface area contributed by atoms with E-state index in [0.29, 0.717) is 16.9 Å². The molecule has 0 heterocycles. The summed E-state index contributed by atoms with van der Waals surface area (Å²) in [6, 6.07) is 17.5. The smallest absolute Gasteiger partial charge is 0.339 e. The van der Waals surface area contributed by atoms with Crippen LogP contribution < -0.4 is 9.62 Å². The Hall–Kier alpha value is -3.01. The van der Waals surface area contributed by atoms with Crippen LogP contribution in [0.25, 0.3) is 0 Å². The van der Waals surface area contributed by atoms with Gasteiger partial charge in [0.05, 0.1) is 27.8 Å². The van der Waals surface area contributed by atoms with Crippen LogP contribution in [0.3, 0.4) is 0 Å². The molecule has 10 heteroatoms. The van der Waals surface area contributed by atoms with Gasteiger partial charge in [0.15, 0.2) is 0 Å². The Bertz CT molecular complexity index is 1310. The number of rotatable bonds is 9. The van der Waals surface area contributed by atoms with Gasteiger partial charge in [0.25, 0.3) is 15.9 Å². The number of carbonyl (C=O) groups excluding carboxylic acids is 2. The van der Waals surface area contributed by atoms with Crippen molar-refractivity contribution in [1.29, 1.82) is 0 Å². The molecular formula is C25H25ClN2O5S2. The summed E-state index contributed by atoms with van der Waals surface area (Å²) in [5.74, 6) is -0.948. The van der Waals surface area contributed by atoms with E-state index in [9.17, 15) is 18.0 Å². The molecule has 1 N–H and O–H groups in total. The number of benzene rings is 3. The van der Waals surface area contributed by atoms with Crippen LogP contribution in [0.5, 0.6) is 0 Å². The molecule has 35 heavy (non-hydrogen) atoms. The standard InChI is InChI=1S/C25H25ClN2O5S2/c1-4-28(35(31,32)21-13-11-20(34-3)12-14-21)19-9-6-17(7-10-19)24(29)27-18-8-15-22(23(26)16-18)25(30)33-5-2/h6-16H,4-5H2,1-3H3,(H,27,29). The summed E-state index contributed by atoms with van der Waals surface area (Å²) >= 11 is 7.69. The fourth-order valence-corrected chi connectivity index (χ4v) is 5.46. The summed E-state index contributed by atoms with van der Waals surface area (Å²) in [6.07, 6.45) is 1.92. The zero-order valence-electron chi connectivity index (χ0n) is 19.4. The molecule has 0 atom stereocenters. The maximum absolute atomic E-state index is 13.2. The van der Waals surface area contributed by atoms with Crippen molar-refractivity contribution in [1.82, 2.24) is 0 Å². The van der Waals surface area contributed by atoms with E-state index >= 15 is 0 Å². The number of ether oxygens (including phenoxy) is 1. The van der Waals surface area contributed by atoms with Crippen molar-refractivity contribution < 1.29 is 22.7 Å². The molecule has 1 amide bonds. The fourth-order valence-electron chi connectivity index (χ4n) is 3.32. The Balaban J connectivity index is 1.76. The molecule has 3 aromatic carbocycles. The van der Waals surface area contributed by atoms with Gasteiger partial charge in [0.1, 0.15) is 0 Å². The summed E-state index contributed by atoms with van der Waals surface area (Å²) in [7, 11) is -3.76. The summed E-state index contributed by atoms with van der Waals surface area (Å²) < 4.78 is 32.6. The lowest BCUT2D eigenvalue weighted by molar-refractivity contribution is 0.0526. The second-order valence-electron chi connectivity index (χ2n) is 7.26. The number of anilines is 2. The van der Waals surface area contributed by atoms with E-state index in [1.807, 2.05) is 6.26 Å². The lowest BCUT2D eigenvalue weighted by Gasteiger charge is -2.23. The number of nitrogens with one attached hydrogen (secondary N) is 1. The van der Waals surface area contributed by atoms with Gasteiger partial charge in [-0.2, -0.15) is 0 Å². The third-order valence-electron chi connectivity index (χ3n) is 5.07. The number of nitrogens with zero attached hydrogens (tertiary/aromatic N) is 1. The molecule has 184 valence electrons. The van der Waals surface area contributed by atoms with E-state index in [0.717, 1.165) is 4.90 Å². The highest BCUT2D eigenvalue weighted by Gasteiger charge is 2.24. The third-order valence-corrected chi connectivity index (χ3v) is 8.05. The van der Waals surface area contributed by atoms with Crippen molar-refractivity contribution in [2.24, 2.45) is 0 Å². The lowest BCUT2D eigenvalue weighted by atomic mass is 10.1. The number of amides is 1. The van der Waals surface area contributed by atoms with Gasteiger partial charge in [-0.1, -0.05) is 11.6 Å². The summed E-state index contributed by atoms with van der Waals surface area (Å²) in [4.78, 5) is 25.7. The van der Waals surface area contributed by atoms with E-state index < -0.39 is 21.9 Å². The van der Waals surface area contributed by atoms with Crippen molar-refractivity contribution in [2.45, 2.75) is 23.6 Å². The minimum atomic E-state index is -3.76. The molecule has 0 aliphatic heterocycles. The molecule has 0 saturated heterocycles. The van der Waals surface area contributed by atoms with Crippen LogP contribution in [0.2, 0.25) is 5.02 Å². The summed E-state index contributed by atoms with van der Waals surface area (Å²) in [5.41, 5.74) is 1.39. The second-order valence-corrected chi connectivity index (χ2v) is 10.4. The second kappa shape index (κ2) is 11.6. The van der Waals surface area contributed by atoms with Gasteiger partial charge in [-0.05, 0) is 86.8 Å². The first-order valence-corrected chi connectivity index (χ1v) is 13.8. The average Bonchev–Trinajstić information content (AvgIpc) is 2.85. The maximum Gasteiger partial charge on any atom is 0.339 e. The van der Waals surface area contributed by atoms with Gasteiger partial charge >= 0.3 is 5.97 Å². The molecule has 0 aliphatic carbocycles. The number of carbonyl (C=O) groups is 2. The van der Waals surface area contributed by atoms with Gasteiger partial charge in [0.2, 0.25) is 0 Å². The highest BCUT2D eigenvalue weighted by Crippen LogP contribution is 2.26. The average molecular weight is 533 g/mol. The maximum atomic E-state index is 13.2. The first kappa shape index (κ1) is 26.6. The molecular weight excluding hydrogens is 508 g/mol. The molecule has 3 aromatic rings. The largest absolute Gasteiger partial charge is 0.462 e. The molecule has 0 aliphatic rings. The zero-order chi connectivity index (χ0) is 25.6. The van der Waals surface area contributed by atoms with Crippen LogP contribution >= 0.6 is 23.4 Å². The quantitative estimate of drug-likeness (QED) is 0.280. The van der Waals surface area contributed by atoms with Gasteiger partial charge in [0, 0.05) is 22.7 Å². The number of hydrogen-bond acceptors (Lipinski definition) is 6. The summed E-state index contributed by atoms with van der Waals surface area (Å²) in [6.45, 7) is 3.90. The summed E-state index contributed by atoms with van der Waals surface area (Å²) in [5, 5.41) is 2.88. The minimum absolute atomic E-state index is 0.158. The Morgan fingerprint density at radius 2 is 1.66 bits per heavy atom. The first-order chi connectivity index (χ1) is 16.7. The third kappa shape index (κ3) is 6.17. The van der Waals surface area contributed by atoms with Gasteiger partial charge in [-0.15, -0.1) is 11.8 Å². The van der Waals surface area contributed by atoms with E-state index in [1.165, 1.54) is 28.2 Å². The Labute approximate surface area is 214 Å². The normalized spacial score (nSPS) is 11.1. The molecule has 0 fully saturated rings. The molecule has 0 saturated carbocycles. The van der Waals surface area contributed by atoms with Crippen LogP contribution in [-0.2, 0) is 14.8 Å². The van der Waals surface area contributed by atoms with E-state index in [4.69, 9.17) is 16.3 Å². The van der Waals surface area contributed by atoms with E-state index in [1.54, 1.807) is 68.4 Å². The molecule has 0 unspecified atom stereocenters. The monoisotopic (exact) mass is 532 g/mol. The predicted molar refractivity (Wildman–Crippen MR) is 140 cm³/mol. The Kier molecular flexibility index (Phi) is 8.82.